The van der Waals surface area contributed by atoms with Crippen molar-refractivity contribution < 1.29 is 28.2 Å². The van der Waals surface area contributed by atoms with Gasteiger partial charge in [-0.05, 0) is 17.7 Å². The lowest BCUT2D eigenvalue weighted by atomic mass is 9.96. The van der Waals surface area contributed by atoms with Crippen LogP contribution in [0, 0.1) is 5.82 Å². The number of hydrogen-bond donors (Lipinski definition) is 2. The van der Waals surface area contributed by atoms with E-state index in [-0.39, 0.29) is 18.0 Å². The minimum absolute atomic E-state index is 0.0892. The minimum Gasteiger partial charge on any atom is -0.469 e. The molecule has 2 N–H and O–H groups in total. The fourth-order valence-corrected chi connectivity index (χ4v) is 3.52. The highest BCUT2D eigenvalue weighted by molar-refractivity contribution is 6.30. The van der Waals surface area contributed by atoms with E-state index in [0.717, 1.165) is 12.8 Å². The molecule has 0 saturated carbocycles. The number of aromatic amines is 1. The summed E-state index contributed by atoms with van der Waals surface area (Å²) in [5, 5.41) is 2.43. The number of benzene rings is 1. The van der Waals surface area contributed by atoms with E-state index in [1.54, 1.807) is 0 Å². The van der Waals surface area contributed by atoms with Crippen LogP contribution in [0.5, 0.6) is 0 Å². The van der Waals surface area contributed by atoms with Crippen LogP contribution < -0.4 is 5.32 Å². The molecule has 1 aliphatic heterocycles. The summed E-state index contributed by atoms with van der Waals surface area (Å²) in [6.07, 6.45) is 1.62. The molecule has 0 spiro atoms. The second-order valence-corrected chi connectivity index (χ2v) is 7.00. The van der Waals surface area contributed by atoms with Crippen molar-refractivity contribution in [3.8, 4) is 0 Å². The van der Waals surface area contributed by atoms with Crippen LogP contribution in [-0.2, 0) is 25.5 Å². The molecular weight excluding hydrogens is 419 g/mol. The molecule has 3 rings (SSSR count). The molecule has 1 aliphatic rings. The van der Waals surface area contributed by atoms with Gasteiger partial charge >= 0.3 is 18.0 Å². The Morgan fingerprint density at radius 1 is 1.37 bits per heavy atom. The minimum atomic E-state index is -1.23. The number of aromatic nitrogens is 2. The Bertz CT molecular complexity index is 966. The quantitative estimate of drug-likeness (QED) is 0.690. The van der Waals surface area contributed by atoms with Gasteiger partial charge in [-0.1, -0.05) is 17.7 Å². The number of esters is 2. The molecular formula is C19H20ClFN4O5. The van der Waals surface area contributed by atoms with Gasteiger partial charge in [0.05, 0.1) is 37.7 Å². The van der Waals surface area contributed by atoms with E-state index in [1.807, 2.05) is 0 Å². The first-order valence-corrected chi connectivity index (χ1v) is 9.42. The number of methoxy groups -OCH3 is 2. The van der Waals surface area contributed by atoms with Crippen molar-refractivity contribution in [2.45, 2.75) is 24.9 Å². The lowest BCUT2D eigenvalue weighted by Crippen LogP contribution is -2.52. The summed E-state index contributed by atoms with van der Waals surface area (Å²) in [6.45, 7) is 0.285. The maximum Gasteiger partial charge on any atom is 0.329 e. The number of amides is 2. The average molecular weight is 439 g/mol. The lowest BCUT2D eigenvalue weighted by Gasteiger charge is -2.36. The van der Waals surface area contributed by atoms with Crippen LogP contribution in [0.15, 0.2) is 24.5 Å². The van der Waals surface area contributed by atoms with Gasteiger partial charge in [0.25, 0.3) is 0 Å². The molecule has 0 radical (unpaired) electrons. The Morgan fingerprint density at radius 2 is 2.13 bits per heavy atom. The molecule has 0 saturated heterocycles. The summed E-state index contributed by atoms with van der Waals surface area (Å²) in [7, 11) is 2.33. The van der Waals surface area contributed by atoms with Gasteiger partial charge < -0.3 is 24.7 Å². The number of H-pyrrole nitrogens is 1. The Hall–Kier alpha value is -3.14. The molecule has 1 aromatic heterocycles. The lowest BCUT2D eigenvalue weighted by molar-refractivity contribution is -0.149. The van der Waals surface area contributed by atoms with E-state index in [9.17, 15) is 18.8 Å². The van der Waals surface area contributed by atoms with Crippen molar-refractivity contribution >= 4 is 29.6 Å². The van der Waals surface area contributed by atoms with Crippen molar-refractivity contribution in [2.24, 2.45) is 0 Å². The molecule has 0 bridgehead atoms. The third-order valence-corrected chi connectivity index (χ3v) is 5.12. The summed E-state index contributed by atoms with van der Waals surface area (Å²) >= 11 is 5.94. The van der Waals surface area contributed by atoms with E-state index in [0.29, 0.717) is 17.7 Å². The van der Waals surface area contributed by atoms with Crippen molar-refractivity contribution in [3.63, 3.8) is 0 Å². The van der Waals surface area contributed by atoms with Gasteiger partial charge in [0.1, 0.15) is 17.9 Å². The van der Waals surface area contributed by atoms with Crippen LogP contribution in [0.3, 0.4) is 0 Å². The van der Waals surface area contributed by atoms with Crippen LogP contribution in [0.25, 0.3) is 0 Å². The summed E-state index contributed by atoms with van der Waals surface area (Å²) < 4.78 is 22.9. The summed E-state index contributed by atoms with van der Waals surface area (Å²) in [6, 6.07) is 1.64. The van der Waals surface area contributed by atoms with Gasteiger partial charge in [-0.2, -0.15) is 0 Å². The normalized spacial score (nSPS) is 16.4. The molecule has 1 unspecified atom stereocenters. The van der Waals surface area contributed by atoms with Crippen LogP contribution in [-0.4, -0.2) is 59.6 Å². The van der Waals surface area contributed by atoms with Crippen molar-refractivity contribution in [1.82, 2.24) is 20.2 Å². The predicted octanol–water partition coefficient (Wildman–Crippen LogP) is 1.96. The first-order chi connectivity index (χ1) is 14.3. The summed E-state index contributed by atoms with van der Waals surface area (Å²) in [5.41, 5.74) is 1.97. The molecule has 2 aromatic rings. The third kappa shape index (κ3) is 4.38. The van der Waals surface area contributed by atoms with Crippen LogP contribution >= 0.6 is 11.6 Å². The molecule has 1 aromatic carbocycles. The zero-order valence-electron chi connectivity index (χ0n) is 16.3. The molecule has 9 nitrogen and oxygen atoms in total. The number of nitrogens with zero attached hydrogens (tertiary/aromatic N) is 2. The number of carbonyl (C=O) groups excluding carboxylic acids is 3. The second-order valence-electron chi connectivity index (χ2n) is 6.59. The zero-order chi connectivity index (χ0) is 21.8. The fourth-order valence-electron chi connectivity index (χ4n) is 3.33. The number of hydrogen-bond acceptors (Lipinski definition) is 6. The van der Waals surface area contributed by atoms with Gasteiger partial charge in [0.15, 0.2) is 0 Å². The highest BCUT2D eigenvalue weighted by Gasteiger charge is 2.36. The van der Waals surface area contributed by atoms with Crippen LogP contribution in [0.1, 0.15) is 29.4 Å². The number of imidazole rings is 1. The van der Waals surface area contributed by atoms with Gasteiger partial charge in [0.2, 0.25) is 0 Å². The Balaban J connectivity index is 1.91. The van der Waals surface area contributed by atoms with E-state index < -0.39 is 35.9 Å². The molecule has 0 fully saturated rings. The molecule has 2 amide bonds. The smallest absolute Gasteiger partial charge is 0.329 e. The molecule has 2 heterocycles. The maximum atomic E-state index is 13.7. The molecule has 2 atom stereocenters. The first kappa shape index (κ1) is 21.6. The Morgan fingerprint density at radius 3 is 2.80 bits per heavy atom. The molecule has 160 valence electrons. The van der Waals surface area contributed by atoms with Gasteiger partial charge in [-0.15, -0.1) is 0 Å². The SMILES string of the molecule is COC(=O)C[C@H](NC(=O)N1CCc2[nH]cnc2C1c1ccc(F)c(Cl)c1)C(=O)OC. The molecule has 0 aliphatic carbocycles. The monoisotopic (exact) mass is 438 g/mol. The summed E-state index contributed by atoms with van der Waals surface area (Å²) in [5.74, 6) is -2.05. The standard InChI is InChI=1S/C19H20ClFN4O5/c1-29-15(26)8-14(18(27)30-2)24-19(28)25-6-5-13-16(23-9-22-13)17(25)10-3-4-12(21)11(20)7-10/h3-4,7,9,14,17H,5-6,8H2,1-2H3,(H,22,23)(H,24,28)/t14-,17?/m0/s1. The maximum absolute atomic E-state index is 13.7. The largest absolute Gasteiger partial charge is 0.469 e. The van der Waals surface area contributed by atoms with Gasteiger partial charge in [0, 0.05) is 18.7 Å². The van der Waals surface area contributed by atoms with Crippen molar-refractivity contribution in [2.75, 3.05) is 20.8 Å². The first-order valence-electron chi connectivity index (χ1n) is 9.04. The highest BCUT2D eigenvalue weighted by Crippen LogP contribution is 2.35. The van der Waals surface area contributed by atoms with E-state index >= 15 is 0 Å². The van der Waals surface area contributed by atoms with Crippen LogP contribution in [0.4, 0.5) is 9.18 Å². The van der Waals surface area contributed by atoms with Crippen molar-refractivity contribution in [3.05, 3.63) is 52.3 Å². The molecule has 11 heteroatoms. The number of ether oxygens (including phenoxy) is 2. The number of urea groups is 1. The number of carbonyl (C=O) groups is 3. The Kier molecular flexibility index (Phi) is 6.56. The highest BCUT2D eigenvalue weighted by atomic mass is 35.5. The number of rotatable bonds is 5. The average Bonchev–Trinajstić information content (AvgIpc) is 3.22. The number of halogens is 2. The van der Waals surface area contributed by atoms with Crippen molar-refractivity contribution in [1.29, 1.82) is 0 Å². The van der Waals surface area contributed by atoms with Gasteiger partial charge in [-0.3, -0.25) is 4.79 Å². The van der Waals surface area contributed by atoms with E-state index in [4.69, 9.17) is 11.6 Å². The zero-order valence-corrected chi connectivity index (χ0v) is 17.0. The molecule has 30 heavy (non-hydrogen) atoms. The van der Waals surface area contributed by atoms with E-state index in [2.05, 4.69) is 24.8 Å². The third-order valence-electron chi connectivity index (χ3n) is 4.83. The predicted molar refractivity (Wildman–Crippen MR) is 103 cm³/mol. The summed E-state index contributed by atoms with van der Waals surface area (Å²) in [4.78, 5) is 45.5. The Labute approximate surface area is 176 Å². The fraction of sp³-hybridized carbons (Fsp3) is 0.368. The van der Waals surface area contributed by atoms with E-state index in [1.165, 1.54) is 36.5 Å². The number of nitrogens with one attached hydrogen (secondary N) is 2. The van der Waals surface area contributed by atoms with Crippen LogP contribution in [0.2, 0.25) is 5.02 Å². The topological polar surface area (TPSA) is 114 Å². The number of fused-ring (bicyclic) bond motifs is 1. The second kappa shape index (κ2) is 9.12. The van der Waals surface area contributed by atoms with Gasteiger partial charge in [-0.25, -0.2) is 19.0 Å².